The molecular formula is C5H10B. The average Bonchev–Trinajstić information content (AvgIpc) is 1.31. The monoisotopic (exact) mass is 81.1 g/mol. The lowest BCUT2D eigenvalue weighted by atomic mass is 9.57. The molecule has 33 valence electrons. The lowest BCUT2D eigenvalue weighted by Crippen LogP contribution is -2.08. The molecule has 1 fully saturated rings. The van der Waals surface area contributed by atoms with Crippen LogP contribution in [0.1, 0.15) is 19.3 Å². The fraction of sp³-hybridized carbons (Fsp3) is 1.00. The highest BCUT2D eigenvalue weighted by atomic mass is 14.1. The van der Waals surface area contributed by atoms with E-state index in [1.165, 1.54) is 19.3 Å². The van der Waals surface area contributed by atoms with E-state index >= 15 is 0 Å². The van der Waals surface area contributed by atoms with Crippen LogP contribution in [0.15, 0.2) is 0 Å². The van der Waals surface area contributed by atoms with Crippen molar-refractivity contribution in [3.63, 3.8) is 0 Å². The lowest BCUT2D eigenvalue weighted by molar-refractivity contribution is 0.499. The second kappa shape index (κ2) is 1.68. The zero-order valence-electron chi connectivity index (χ0n) is 4.28. The Hall–Kier alpha value is 0.0649. The fourth-order valence-electron chi connectivity index (χ4n) is 0.773. The van der Waals surface area contributed by atoms with Gasteiger partial charge >= 0.3 is 0 Å². The average molecular weight is 80.9 g/mol. The molecule has 1 heteroatoms. The molecule has 1 radical (unpaired) electrons. The first-order valence-corrected chi connectivity index (χ1v) is 2.73. The van der Waals surface area contributed by atoms with Crippen molar-refractivity contribution in [2.75, 3.05) is 0 Å². The van der Waals surface area contributed by atoms with E-state index in [1.54, 1.807) is 0 Å². The summed E-state index contributed by atoms with van der Waals surface area (Å²) >= 11 is 0. The van der Waals surface area contributed by atoms with Crippen LogP contribution < -0.4 is 0 Å². The Balaban J connectivity index is 2.01. The number of hydrogen-bond donors (Lipinski definition) is 0. The summed E-state index contributed by atoms with van der Waals surface area (Å²) < 4.78 is 0. The van der Waals surface area contributed by atoms with Gasteiger partial charge in [-0.05, 0) is 0 Å². The maximum absolute atomic E-state index is 2.31. The van der Waals surface area contributed by atoms with Crippen LogP contribution in [0.2, 0.25) is 12.6 Å². The molecule has 0 unspecified atom stereocenters. The molecule has 0 heterocycles. The van der Waals surface area contributed by atoms with Crippen molar-refractivity contribution in [2.24, 2.45) is 0 Å². The molecule has 6 heavy (non-hydrogen) atoms. The Morgan fingerprint density at radius 2 is 2.17 bits per heavy atom. The molecule has 0 N–H and O–H groups in total. The summed E-state index contributed by atoms with van der Waals surface area (Å²) in [5.74, 6) is 0.991. The molecule has 1 aliphatic rings. The van der Waals surface area contributed by atoms with Gasteiger partial charge < -0.3 is 0 Å². The molecule has 1 saturated carbocycles. The Labute approximate surface area is 40.2 Å². The molecule has 0 saturated heterocycles. The molecule has 0 aromatic carbocycles. The Kier molecular flexibility index (Phi) is 1.18. The third-order valence-corrected chi connectivity index (χ3v) is 1.62. The number of hydrogen-bond acceptors (Lipinski definition) is 0. The SMILES string of the molecule is C[B]C1CCC1. The molecule has 0 aliphatic heterocycles. The van der Waals surface area contributed by atoms with Gasteiger partial charge in [-0.15, -0.1) is 0 Å². The van der Waals surface area contributed by atoms with E-state index in [9.17, 15) is 0 Å². The molecule has 0 spiro atoms. The quantitative estimate of drug-likeness (QED) is 0.421. The summed E-state index contributed by atoms with van der Waals surface area (Å²) in [5, 5.41) is 0. The Bertz CT molecular complexity index is 36.4. The summed E-state index contributed by atoms with van der Waals surface area (Å²) in [6.07, 6.45) is 4.38. The molecular weight excluding hydrogens is 70.9 g/mol. The van der Waals surface area contributed by atoms with Gasteiger partial charge in [0.1, 0.15) is 7.28 Å². The highest BCUT2D eigenvalue weighted by Gasteiger charge is 2.14. The largest absolute Gasteiger partial charge is 0.110 e. The molecule has 0 amide bonds. The predicted molar refractivity (Wildman–Crippen MR) is 29.2 cm³/mol. The first-order valence-electron chi connectivity index (χ1n) is 2.73. The van der Waals surface area contributed by atoms with Crippen molar-refractivity contribution in [1.29, 1.82) is 0 Å². The fourth-order valence-corrected chi connectivity index (χ4v) is 0.773. The highest BCUT2D eigenvalue weighted by Crippen LogP contribution is 2.30. The van der Waals surface area contributed by atoms with Crippen molar-refractivity contribution in [2.45, 2.75) is 31.9 Å². The summed E-state index contributed by atoms with van der Waals surface area (Å²) in [6, 6.07) is 0. The van der Waals surface area contributed by atoms with Gasteiger partial charge in [-0.2, -0.15) is 0 Å². The van der Waals surface area contributed by atoms with Gasteiger partial charge in [0, 0.05) is 0 Å². The van der Waals surface area contributed by atoms with Crippen LogP contribution in [0.3, 0.4) is 0 Å². The minimum Gasteiger partial charge on any atom is -0.0917 e. The van der Waals surface area contributed by atoms with Crippen LogP contribution in [0.4, 0.5) is 0 Å². The van der Waals surface area contributed by atoms with E-state index in [0.717, 1.165) is 5.82 Å². The van der Waals surface area contributed by atoms with Crippen LogP contribution in [-0.2, 0) is 0 Å². The first-order chi connectivity index (χ1) is 2.93. The van der Waals surface area contributed by atoms with E-state index in [4.69, 9.17) is 0 Å². The van der Waals surface area contributed by atoms with Crippen LogP contribution in [0.5, 0.6) is 0 Å². The zero-order valence-corrected chi connectivity index (χ0v) is 4.28. The Morgan fingerprint density at radius 1 is 1.50 bits per heavy atom. The molecule has 0 atom stereocenters. The summed E-state index contributed by atoms with van der Waals surface area (Å²) in [6.45, 7) is 2.16. The molecule has 0 bridgehead atoms. The van der Waals surface area contributed by atoms with Gasteiger partial charge in [-0.1, -0.05) is 31.9 Å². The minimum absolute atomic E-state index is 0.991. The van der Waals surface area contributed by atoms with Crippen molar-refractivity contribution >= 4 is 7.28 Å². The maximum Gasteiger partial charge on any atom is 0.110 e. The molecule has 1 rings (SSSR count). The summed E-state index contributed by atoms with van der Waals surface area (Å²) in [5.41, 5.74) is 0. The van der Waals surface area contributed by atoms with E-state index in [-0.39, 0.29) is 0 Å². The van der Waals surface area contributed by atoms with Crippen LogP contribution >= 0.6 is 0 Å². The van der Waals surface area contributed by atoms with Gasteiger partial charge in [0.05, 0.1) is 0 Å². The molecule has 0 nitrogen and oxygen atoms in total. The van der Waals surface area contributed by atoms with Crippen LogP contribution in [0, 0.1) is 0 Å². The maximum atomic E-state index is 2.31. The van der Waals surface area contributed by atoms with E-state index in [0.29, 0.717) is 0 Å². The second-order valence-electron chi connectivity index (χ2n) is 2.02. The van der Waals surface area contributed by atoms with Gasteiger partial charge in [-0.25, -0.2) is 0 Å². The molecule has 0 aromatic heterocycles. The Morgan fingerprint density at radius 3 is 2.17 bits per heavy atom. The van der Waals surface area contributed by atoms with Crippen molar-refractivity contribution < 1.29 is 0 Å². The first kappa shape index (κ1) is 4.23. The molecule has 1 aliphatic carbocycles. The normalized spacial score (nSPS) is 22.8. The van der Waals surface area contributed by atoms with Crippen LogP contribution in [0.25, 0.3) is 0 Å². The topological polar surface area (TPSA) is 0 Å². The van der Waals surface area contributed by atoms with Gasteiger partial charge in [-0.3, -0.25) is 0 Å². The second-order valence-corrected chi connectivity index (χ2v) is 2.02. The minimum atomic E-state index is 0.991. The highest BCUT2D eigenvalue weighted by molar-refractivity contribution is 6.35. The van der Waals surface area contributed by atoms with Crippen molar-refractivity contribution in [3.05, 3.63) is 0 Å². The predicted octanol–water partition coefficient (Wildman–Crippen LogP) is 1.71. The zero-order chi connectivity index (χ0) is 4.41. The number of rotatable bonds is 1. The van der Waals surface area contributed by atoms with Gasteiger partial charge in [0.25, 0.3) is 0 Å². The summed E-state index contributed by atoms with van der Waals surface area (Å²) in [7, 11) is 2.31. The van der Waals surface area contributed by atoms with E-state index < -0.39 is 0 Å². The molecule has 0 aromatic rings. The van der Waals surface area contributed by atoms with E-state index in [2.05, 4.69) is 14.1 Å². The smallest absolute Gasteiger partial charge is 0.0917 e. The third kappa shape index (κ3) is 0.587. The van der Waals surface area contributed by atoms with Gasteiger partial charge in [0.15, 0.2) is 0 Å². The standard InChI is InChI=1S/C5H10B/c1-6-5-3-2-4-5/h5H,2-4H2,1H3. The van der Waals surface area contributed by atoms with Crippen LogP contribution in [-0.4, -0.2) is 7.28 Å². The van der Waals surface area contributed by atoms with Crippen molar-refractivity contribution in [3.8, 4) is 0 Å². The van der Waals surface area contributed by atoms with Gasteiger partial charge in [0.2, 0.25) is 0 Å². The van der Waals surface area contributed by atoms with Crippen molar-refractivity contribution in [1.82, 2.24) is 0 Å². The summed E-state index contributed by atoms with van der Waals surface area (Å²) in [4.78, 5) is 0. The lowest BCUT2D eigenvalue weighted by Gasteiger charge is -2.22. The third-order valence-electron chi connectivity index (χ3n) is 1.62. The van der Waals surface area contributed by atoms with E-state index in [1.807, 2.05) is 0 Å².